The van der Waals surface area contributed by atoms with Crippen LogP contribution in [-0.4, -0.2) is 37.7 Å². The standard InChI is InChI=1S/C28H31NO5/c1-5-33-27(31)28(2,3)34-24-15-13-22(14-16-24)21-11-9-20(10-12-21)17-18-29-26(30)23-7-6-8-25(19-23)32-4/h6-16,19H,5,17-18H2,1-4H3,(H,29,30). The van der Waals surface area contributed by atoms with Crippen molar-refractivity contribution in [2.24, 2.45) is 0 Å². The first kappa shape index (κ1) is 24.8. The fraction of sp³-hybridized carbons (Fsp3) is 0.286. The van der Waals surface area contributed by atoms with Gasteiger partial charge >= 0.3 is 5.97 Å². The molecule has 0 heterocycles. The molecule has 178 valence electrons. The molecule has 0 radical (unpaired) electrons. The molecule has 1 amide bonds. The number of hydrogen-bond acceptors (Lipinski definition) is 5. The van der Waals surface area contributed by atoms with Gasteiger partial charge in [0.15, 0.2) is 5.60 Å². The Labute approximate surface area is 200 Å². The van der Waals surface area contributed by atoms with Crippen LogP contribution in [-0.2, 0) is 16.0 Å². The van der Waals surface area contributed by atoms with E-state index in [-0.39, 0.29) is 5.91 Å². The Morgan fingerprint density at radius 1 is 0.882 bits per heavy atom. The second-order valence-electron chi connectivity index (χ2n) is 8.29. The van der Waals surface area contributed by atoms with E-state index in [0.29, 0.717) is 30.2 Å². The second kappa shape index (κ2) is 11.4. The Bertz CT molecular complexity index is 1100. The maximum atomic E-state index is 12.3. The van der Waals surface area contributed by atoms with Crippen molar-refractivity contribution in [1.29, 1.82) is 0 Å². The molecule has 6 heteroatoms. The molecule has 0 atom stereocenters. The summed E-state index contributed by atoms with van der Waals surface area (Å²) in [4.78, 5) is 24.3. The third kappa shape index (κ3) is 6.61. The van der Waals surface area contributed by atoms with Crippen molar-refractivity contribution in [2.45, 2.75) is 32.8 Å². The van der Waals surface area contributed by atoms with Crippen molar-refractivity contribution < 1.29 is 23.8 Å². The van der Waals surface area contributed by atoms with Gasteiger partial charge < -0.3 is 19.5 Å². The molecule has 0 aromatic heterocycles. The zero-order valence-electron chi connectivity index (χ0n) is 20.1. The van der Waals surface area contributed by atoms with E-state index in [2.05, 4.69) is 29.6 Å². The first-order chi connectivity index (χ1) is 16.3. The number of ether oxygens (including phenoxy) is 3. The van der Waals surface area contributed by atoms with Crippen LogP contribution < -0.4 is 14.8 Å². The van der Waals surface area contributed by atoms with Crippen LogP contribution in [0.5, 0.6) is 11.5 Å². The first-order valence-corrected chi connectivity index (χ1v) is 11.3. The zero-order valence-corrected chi connectivity index (χ0v) is 20.1. The van der Waals surface area contributed by atoms with Gasteiger partial charge in [-0.05, 0) is 74.2 Å². The normalized spacial score (nSPS) is 10.9. The third-order valence-electron chi connectivity index (χ3n) is 5.31. The van der Waals surface area contributed by atoms with E-state index in [1.165, 1.54) is 0 Å². The van der Waals surface area contributed by atoms with Gasteiger partial charge in [0, 0.05) is 12.1 Å². The maximum absolute atomic E-state index is 12.3. The van der Waals surface area contributed by atoms with Crippen molar-refractivity contribution in [2.75, 3.05) is 20.3 Å². The van der Waals surface area contributed by atoms with Crippen molar-refractivity contribution in [1.82, 2.24) is 5.32 Å². The van der Waals surface area contributed by atoms with Crippen LogP contribution in [0.25, 0.3) is 11.1 Å². The molecule has 0 saturated heterocycles. The molecule has 34 heavy (non-hydrogen) atoms. The van der Waals surface area contributed by atoms with Gasteiger partial charge in [-0.15, -0.1) is 0 Å². The predicted molar refractivity (Wildman–Crippen MR) is 132 cm³/mol. The Morgan fingerprint density at radius 3 is 2.15 bits per heavy atom. The highest BCUT2D eigenvalue weighted by molar-refractivity contribution is 5.94. The summed E-state index contributed by atoms with van der Waals surface area (Å²) < 4.78 is 16.0. The zero-order chi connectivity index (χ0) is 24.6. The van der Waals surface area contributed by atoms with E-state index in [1.54, 1.807) is 46.1 Å². The van der Waals surface area contributed by atoms with Gasteiger partial charge in [0.1, 0.15) is 11.5 Å². The number of amides is 1. The number of nitrogens with one attached hydrogen (secondary N) is 1. The number of esters is 1. The molecule has 3 aromatic rings. The minimum Gasteiger partial charge on any atom is -0.497 e. The molecule has 0 saturated carbocycles. The van der Waals surface area contributed by atoms with Gasteiger partial charge in [0.05, 0.1) is 13.7 Å². The van der Waals surface area contributed by atoms with E-state index >= 15 is 0 Å². The number of benzene rings is 3. The molecule has 0 bridgehead atoms. The predicted octanol–water partition coefficient (Wildman–Crippen LogP) is 5.06. The van der Waals surface area contributed by atoms with Crippen LogP contribution >= 0.6 is 0 Å². The number of rotatable bonds is 10. The van der Waals surface area contributed by atoms with Crippen molar-refractivity contribution in [3.63, 3.8) is 0 Å². The summed E-state index contributed by atoms with van der Waals surface area (Å²) in [5.41, 5.74) is 2.76. The minimum atomic E-state index is -1.05. The Hall–Kier alpha value is -3.80. The molecule has 0 aliphatic carbocycles. The smallest absolute Gasteiger partial charge is 0.349 e. The number of carbonyl (C=O) groups is 2. The molecule has 0 fully saturated rings. The topological polar surface area (TPSA) is 73.9 Å². The average Bonchev–Trinajstić information content (AvgIpc) is 2.85. The number of hydrogen-bond donors (Lipinski definition) is 1. The highest BCUT2D eigenvalue weighted by Gasteiger charge is 2.31. The molecule has 6 nitrogen and oxygen atoms in total. The summed E-state index contributed by atoms with van der Waals surface area (Å²) in [6, 6.07) is 22.9. The van der Waals surface area contributed by atoms with E-state index in [0.717, 1.165) is 23.1 Å². The highest BCUT2D eigenvalue weighted by atomic mass is 16.6. The minimum absolute atomic E-state index is 0.121. The molecule has 0 spiro atoms. The van der Waals surface area contributed by atoms with Crippen LogP contribution in [0, 0.1) is 0 Å². The molecule has 3 rings (SSSR count). The van der Waals surface area contributed by atoms with Crippen LogP contribution in [0.4, 0.5) is 0 Å². The van der Waals surface area contributed by atoms with E-state index in [4.69, 9.17) is 14.2 Å². The SMILES string of the molecule is CCOC(=O)C(C)(C)Oc1ccc(-c2ccc(CCNC(=O)c3cccc(OC)c3)cc2)cc1. The summed E-state index contributed by atoms with van der Waals surface area (Å²) in [6.45, 7) is 6.01. The highest BCUT2D eigenvalue weighted by Crippen LogP contribution is 2.25. The van der Waals surface area contributed by atoms with E-state index in [1.807, 2.05) is 30.3 Å². The van der Waals surface area contributed by atoms with Crippen molar-refractivity contribution in [3.05, 3.63) is 83.9 Å². The van der Waals surface area contributed by atoms with Gasteiger partial charge in [0.2, 0.25) is 0 Å². The summed E-state index contributed by atoms with van der Waals surface area (Å²) in [7, 11) is 1.58. The first-order valence-electron chi connectivity index (χ1n) is 11.3. The fourth-order valence-electron chi connectivity index (χ4n) is 3.41. The molecule has 1 N–H and O–H groups in total. The summed E-state index contributed by atoms with van der Waals surface area (Å²) in [5.74, 6) is 0.744. The average molecular weight is 462 g/mol. The Morgan fingerprint density at radius 2 is 1.53 bits per heavy atom. The van der Waals surface area contributed by atoms with Gasteiger partial charge in [-0.25, -0.2) is 4.79 Å². The lowest BCUT2D eigenvalue weighted by atomic mass is 10.0. The molecule has 0 unspecified atom stereocenters. The van der Waals surface area contributed by atoms with E-state index in [9.17, 15) is 9.59 Å². The summed E-state index contributed by atoms with van der Waals surface area (Å²) >= 11 is 0. The molecular weight excluding hydrogens is 430 g/mol. The Kier molecular flexibility index (Phi) is 8.30. The van der Waals surface area contributed by atoms with Crippen molar-refractivity contribution >= 4 is 11.9 Å². The Balaban J connectivity index is 1.54. The summed E-state index contributed by atoms with van der Waals surface area (Å²) in [5, 5.41) is 2.94. The van der Waals surface area contributed by atoms with Crippen molar-refractivity contribution in [3.8, 4) is 22.6 Å². The van der Waals surface area contributed by atoms with Crippen LogP contribution in [0.1, 0.15) is 36.7 Å². The lowest BCUT2D eigenvalue weighted by Crippen LogP contribution is -2.39. The lowest BCUT2D eigenvalue weighted by molar-refractivity contribution is -0.158. The molecule has 3 aromatic carbocycles. The monoisotopic (exact) mass is 461 g/mol. The molecule has 0 aliphatic heterocycles. The van der Waals surface area contributed by atoms with Gasteiger partial charge in [0.25, 0.3) is 5.91 Å². The molecular formula is C28H31NO5. The summed E-state index contributed by atoms with van der Waals surface area (Å²) in [6.07, 6.45) is 0.728. The van der Waals surface area contributed by atoms with Crippen LogP contribution in [0.15, 0.2) is 72.8 Å². The second-order valence-corrected chi connectivity index (χ2v) is 8.29. The largest absolute Gasteiger partial charge is 0.497 e. The lowest BCUT2D eigenvalue weighted by Gasteiger charge is -2.24. The fourth-order valence-corrected chi connectivity index (χ4v) is 3.41. The quantitative estimate of drug-likeness (QED) is 0.428. The van der Waals surface area contributed by atoms with Gasteiger partial charge in [-0.1, -0.05) is 42.5 Å². The van der Waals surface area contributed by atoms with E-state index < -0.39 is 11.6 Å². The number of carbonyl (C=O) groups excluding carboxylic acids is 2. The third-order valence-corrected chi connectivity index (χ3v) is 5.31. The maximum Gasteiger partial charge on any atom is 0.349 e. The van der Waals surface area contributed by atoms with Gasteiger partial charge in [-0.3, -0.25) is 4.79 Å². The number of methoxy groups -OCH3 is 1. The van der Waals surface area contributed by atoms with Crippen LogP contribution in [0.3, 0.4) is 0 Å². The van der Waals surface area contributed by atoms with Crippen LogP contribution in [0.2, 0.25) is 0 Å². The molecule has 0 aliphatic rings. The van der Waals surface area contributed by atoms with Gasteiger partial charge in [-0.2, -0.15) is 0 Å².